The number of aromatic nitrogens is 2. The van der Waals surface area contributed by atoms with Gasteiger partial charge in [-0.3, -0.25) is 9.69 Å². The Morgan fingerprint density at radius 1 is 1.17 bits per heavy atom. The number of aliphatic hydroxyl groups is 1. The highest BCUT2D eigenvalue weighted by Gasteiger charge is 2.21. The molecular weight excluding hydrogens is 462 g/mol. The molecule has 1 aromatic carbocycles. The number of aliphatic hydroxyl groups excluding tert-OH is 1. The molecule has 184 valence electrons. The summed E-state index contributed by atoms with van der Waals surface area (Å²) in [5, 5.41) is 11.5. The minimum Gasteiger partial charge on any atom is -0.491 e. The molecule has 0 fully saturated rings. The number of hydrogen-bond donors (Lipinski definition) is 2. The fourth-order valence-corrected chi connectivity index (χ4v) is 6.02. The average molecular weight is 494 g/mol. The van der Waals surface area contributed by atoms with Crippen molar-refractivity contribution < 1.29 is 14.3 Å². The number of H-pyrrole nitrogens is 1. The number of hydrogen-bond acceptors (Lipinski definition) is 7. The molecule has 0 radical (unpaired) electrons. The molecule has 5 rings (SSSR count). The van der Waals surface area contributed by atoms with Crippen LogP contribution in [0.25, 0.3) is 10.2 Å². The number of nitrogens with zero attached hydrogens (tertiary/aromatic N) is 2. The lowest BCUT2D eigenvalue weighted by Gasteiger charge is -2.24. The number of ether oxygens (including phenoxy) is 1. The number of furan rings is 1. The number of para-hydroxylation sites is 1. The minimum atomic E-state index is -0.724. The summed E-state index contributed by atoms with van der Waals surface area (Å²) in [6.45, 7) is 3.36. The van der Waals surface area contributed by atoms with E-state index in [2.05, 4.69) is 4.98 Å². The number of thiophene rings is 1. The summed E-state index contributed by atoms with van der Waals surface area (Å²) in [6, 6.07) is 11.5. The molecule has 0 aliphatic heterocycles. The second-order valence-corrected chi connectivity index (χ2v) is 10.3. The number of aromatic amines is 1. The predicted molar refractivity (Wildman–Crippen MR) is 137 cm³/mol. The molecule has 1 atom stereocenters. The molecule has 0 bridgehead atoms. The molecule has 1 unspecified atom stereocenters. The Bertz CT molecular complexity index is 1330. The molecular formula is C27H31N3O4S. The van der Waals surface area contributed by atoms with Gasteiger partial charge in [-0.2, -0.15) is 0 Å². The van der Waals surface area contributed by atoms with Crippen LogP contribution in [0.3, 0.4) is 0 Å². The second-order valence-electron chi connectivity index (χ2n) is 9.24. The molecule has 35 heavy (non-hydrogen) atoms. The second kappa shape index (κ2) is 10.8. The van der Waals surface area contributed by atoms with Crippen LogP contribution in [0.5, 0.6) is 5.75 Å². The summed E-state index contributed by atoms with van der Waals surface area (Å²) in [7, 11) is 0. The number of rotatable bonds is 9. The van der Waals surface area contributed by atoms with E-state index in [-0.39, 0.29) is 12.2 Å². The van der Waals surface area contributed by atoms with Gasteiger partial charge in [0.25, 0.3) is 5.56 Å². The first-order chi connectivity index (χ1) is 17.1. The third kappa shape index (κ3) is 5.66. The Morgan fingerprint density at radius 2 is 2.03 bits per heavy atom. The largest absolute Gasteiger partial charge is 0.491 e. The topological polar surface area (TPSA) is 91.6 Å². The van der Waals surface area contributed by atoms with Crippen molar-refractivity contribution >= 4 is 21.6 Å². The van der Waals surface area contributed by atoms with Crippen LogP contribution >= 0.6 is 11.3 Å². The number of fused-ring (bicyclic) bond motifs is 3. The van der Waals surface area contributed by atoms with Gasteiger partial charge in [0.15, 0.2) is 0 Å². The minimum absolute atomic E-state index is 0.0641. The molecule has 0 saturated carbocycles. The van der Waals surface area contributed by atoms with Crippen LogP contribution < -0.4 is 10.3 Å². The standard InChI is InChI=1S/C27H31N3O4S/c1-18-8-5-6-11-22(18)34-17-19(31)14-30(15-20-9-7-13-33-20)16-24-28-26(32)25-21-10-3-2-4-12-23(21)35-27(25)29-24/h5-9,11,13,19,31H,2-4,10,12,14-17H2,1H3,(H,28,29,32). The molecule has 7 nitrogen and oxygen atoms in total. The summed E-state index contributed by atoms with van der Waals surface area (Å²) in [6.07, 6.45) is 6.40. The van der Waals surface area contributed by atoms with Crippen LogP contribution in [-0.2, 0) is 25.9 Å². The number of aryl methyl sites for hydroxylation is 3. The van der Waals surface area contributed by atoms with Crippen molar-refractivity contribution in [1.82, 2.24) is 14.9 Å². The Labute approximate surface area is 208 Å². The lowest BCUT2D eigenvalue weighted by Crippen LogP contribution is -2.35. The monoisotopic (exact) mass is 493 g/mol. The van der Waals surface area contributed by atoms with Gasteiger partial charge in [0.2, 0.25) is 0 Å². The summed E-state index contributed by atoms with van der Waals surface area (Å²) >= 11 is 1.66. The molecule has 3 heterocycles. The molecule has 0 saturated heterocycles. The maximum atomic E-state index is 13.1. The van der Waals surface area contributed by atoms with E-state index in [1.54, 1.807) is 17.6 Å². The Hall–Kier alpha value is -2.94. The first-order valence-corrected chi connectivity index (χ1v) is 13.0. The summed E-state index contributed by atoms with van der Waals surface area (Å²) in [5.74, 6) is 2.14. The van der Waals surface area contributed by atoms with Gasteiger partial charge in [-0.05, 0) is 61.9 Å². The van der Waals surface area contributed by atoms with E-state index in [0.717, 1.165) is 46.6 Å². The predicted octanol–water partition coefficient (Wildman–Crippen LogP) is 4.60. The number of nitrogens with one attached hydrogen (secondary N) is 1. The van der Waals surface area contributed by atoms with Gasteiger partial charge in [-0.15, -0.1) is 11.3 Å². The average Bonchev–Trinajstić information content (AvgIpc) is 3.40. The summed E-state index contributed by atoms with van der Waals surface area (Å²) < 4.78 is 11.4. The summed E-state index contributed by atoms with van der Waals surface area (Å²) in [4.78, 5) is 25.0. The van der Waals surface area contributed by atoms with E-state index in [9.17, 15) is 9.90 Å². The molecule has 3 aromatic heterocycles. The van der Waals surface area contributed by atoms with Crippen molar-refractivity contribution in [1.29, 1.82) is 0 Å². The van der Waals surface area contributed by atoms with E-state index in [1.807, 2.05) is 48.2 Å². The Morgan fingerprint density at radius 3 is 2.86 bits per heavy atom. The first kappa shape index (κ1) is 23.8. The van der Waals surface area contributed by atoms with Crippen LogP contribution in [0.1, 0.15) is 46.9 Å². The fraction of sp³-hybridized carbons (Fsp3) is 0.407. The van der Waals surface area contributed by atoms with Gasteiger partial charge in [0.1, 0.15) is 34.9 Å². The molecule has 8 heteroatoms. The Kier molecular flexibility index (Phi) is 7.32. The zero-order valence-corrected chi connectivity index (χ0v) is 20.8. The van der Waals surface area contributed by atoms with Gasteiger partial charge in [0.05, 0.1) is 24.7 Å². The highest BCUT2D eigenvalue weighted by Crippen LogP contribution is 2.32. The van der Waals surface area contributed by atoms with E-state index < -0.39 is 6.10 Å². The third-order valence-corrected chi connectivity index (χ3v) is 7.64. The van der Waals surface area contributed by atoms with Crippen LogP contribution in [0.15, 0.2) is 51.9 Å². The van der Waals surface area contributed by atoms with Crippen LogP contribution in [-0.4, -0.2) is 39.2 Å². The van der Waals surface area contributed by atoms with Crippen molar-refractivity contribution in [2.75, 3.05) is 13.2 Å². The van der Waals surface area contributed by atoms with Crippen molar-refractivity contribution in [3.05, 3.63) is 80.6 Å². The molecule has 1 aliphatic rings. The van der Waals surface area contributed by atoms with Crippen LogP contribution in [0, 0.1) is 6.92 Å². The molecule has 4 aromatic rings. The van der Waals surface area contributed by atoms with E-state index in [0.29, 0.717) is 25.5 Å². The quantitative estimate of drug-likeness (QED) is 0.331. The Balaban J connectivity index is 1.33. The van der Waals surface area contributed by atoms with E-state index >= 15 is 0 Å². The van der Waals surface area contributed by atoms with E-state index in [4.69, 9.17) is 14.1 Å². The maximum absolute atomic E-state index is 13.1. The van der Waals surface area contributed by atoms with Crippen molar-refractivity contribution in [2.24, 2.45) is 0 Å². The molecule has 1 aliphatic carbocycles. The summed E-state index contributed by atoms with van der Waals surface area (Å²) in [5.41, 5.74) is 2.15. The van der Waals surface area contributed by atoms with Crippen molar-refractivity contribution in [2.45, 2.75) is 58.2 Å². The van der Waals surface area contributed by atoms with E-state index in [1.165, 1.54) is 23.3 Å². The van der Waals surface area contributed by atoms with Gasteiger partial charge < -0.3 is 19.2 Å². The maximum Gasteiger partial charge on any atom is 0.259 e. The SMILES string of the molecule is Cc1ccccc1OCC(O)CN(Cc1nc2sc3c(c2c(=O)[nH]1)CCCCC3)Cc1ccco1. The lowest BCUT2D eigenvalue weighted by atomic mass is 10.1. The fourth-order valence-electron chi connectivity index (χ4n) is 4.73. The smallest absolute Gasteiger partial charge is 0.259 e. The zero-order valence-electron chi connectivity index (χ0n) is 20.0. The van der Waals surface area contributed by atoms with Crippen LogP contribution in [0.2, 0.25) is 0 Å². The highest BCUT2D eigenvalue weighted by molar-refractivity contribution is 7.18. The van der Waals surface area contributed by atoms with Crippen molar-refractivity contribution in [3.8, 4) is 5.75 Å². The van der Waals surface area contributed by atoms with Gasteiger partial charge >= 0.3 is 0 Å². The molecule has 0 spiro atoms. The highest BCUT2D eigenvalue weighted by atomic mass is 32.1. The normalized spacial score (nSPS) is 14.7. The zero-order chi connectivity index (χ0) is 24.2. The lowest BCUT2D eigenvalue weighted by molar-refractivity contribution is 0.0593. The van der Waals surface area contributed by atoms with Crippen LogP contribution in [0.4, 0.5) is 0 Å². The van der Waals surface area contributed by atoms with Gasteiger partial charge in [-0.1, -0.05) is 24.6 Å². The van der Waals surface area contributed by atoms with Crippen molar-refractivity contribution in [3.63, 3.8) is 0 Å². The van der Waals surface area contributed by atoms with Gasteiger partial charge in [0, 0.05) is 11.4 Å². The van der Waals surface area contributed by atoms with Gasteiger partial charge in [-0.25, -0.2) is 4.98 Å². The first-order valence-electron chi connectivity index (χ1n) is 12.2. The molecule has 2 N–H and O–H groups in total. The molecule has 0 amide bonds. The number of benzene rings is 1. The third-order valence-electron chi connectivity index (χ3n) is 6.45.